The molecule has 3 atom stereocenters. The SMILES string of the molecule is C#Cc1c(F)ccc2cc(O)cc(-c3nc4c5c(nc(OC[C@@]67CCCN6CC(C)C7)nc5c3F)N3CCCC3CN4)c12. The number of hydrogen-bond donors (Lipinski definition) is 2. The van der Waals surface area contributed by atoms with Crippen LogP contribution in [0.2, 0.25) is 0 Å². The number of hydrogen-bond acceptors (Lipinski definition) is 8. The first-order valence-corrected chi connectivity index (χ1v) is 15.1. The molecule has 0 amide bonds. The summed E-state index contributed by atoms with van der Waals surface area (Å²) in [6.45, 7) is 6.22. The van der Waals surface area contributed by atoms with Crippen molar-refractivity contribution in [3.05, 3.63) is 41.5 Å². The lowest BCUT2D eigenvalue weighted by molar-refractivity contribution is 0.107. The number of anilines is 2. The van der Waals surface area contributed by atoms with E-state index >= 15 is 4.39 Å². The second-order valence-electron chi connectivity index (χ2n) is 12.6. The summed E-state index contributed by atoms with van der Waals surface area (Å²) in [6.07, 6.45) is 10.9. The quantitative estimate of drug-likeness (QED) is 0.307. The van der Waals surface area contributed by atoms with Crippen LogP contribution in [-0.2, 0) is 0 Å². The van der Waals surface area contributed by atoms with Gasteiger partial charge in [0.05, 0.1) is 16.5 Å². The molecule has 3 fully saturated rings. The van der Waals surface area contributed by atoms with Gasteiger partial charge in [0.1, 0.15) is 41.0 Å². The lowest BCUT2D eigenvalue weighted by atomic mass is 9.92. The number of aromatic hydroxyl groups is 1. The highest BCUT2D eigenvalue weighted by molar-refractivity contribution is 6.06. The number of terminal acetylenes is 1. The van der Waals surface area contributed by atoms with Gasteiger partial charge in [0.2, 0.25) is 0 Å². The molecule has 4 aliphatic rings. The van der Waals surface area contributed by atoms with Gasteiger partial charge in [-0.05, 0) is 68.2 Å². The number of phenols is 1. The summed E-state index contributed by atoms with van der Waals surface area (Å²) < 4.78 is 38.1. The van der Waals surface area contributed by atoms with Crippen LogP contribution in [0.25, 0.3) is 32.9 Å². The fraction of sp³-hybridized carbons (Fsp3) is 0.424. The molecular formula is C33H32F2N6O2. The number of rotatable bonds is 4. The molecule has 0 bridgehead atoms. The second-order valence-corrected chi connectivity index (χ2v) is 12.6. The first kappa shape index (κ1) is 26.4. The van der Waals surface area contributed by atoms with Crippen LogP contribution in [0.3, 0.4) is 0 Å². The van der Waals surface area contributed by atoms with Gasteiger partial charge < -0.3 is 20.1 Å². The van der Waals surface area contributed by atoms with E-state index in [2.05, 4.69) is 32.9 Å². The summed E-state index contributed by atoms with van der Waals surface area (Å²) in [5.74, 6) is 2.60. The Labute approximate surface area is 248 Å². The van der Waals surface area contributed by atoms with Crippen LogP contribution < -0.4 is 15.0 Å². The molecule has 220 valence electrons. The van der Waals surface area contributed by atoms with Gasteiger partial charge >= 0.3 is 6.01 Å². The fourth-order valence-electron chi connectivity index (χ4n) is 8.03. The number of halogens is 2. The molecule has 2 aromatic heterocycles. The molecule has 0 aliphatic carbocycles. The van der Waals surface area contributed by atoms with Crippen molar-refractivity contribution in [3.63, 3.8) is 0 Å². The zero-order valence-electron chi connectivity index (χ0n) is 24.0. The lowest BCUT2D eigenvalue weighted by Crippen LogP contribution is -2.43. The molecule has 2 unspecified atom stereocenters. The molecule has 3 saturated heterocycles. The van der Waals surface area contributed by atoms with E-state index in [-0.39, 0.29) is 45.7 Å². The number of benzene rings is 2. The molecule has 8 rings (SSSR count). The number of fused-ring (bicyclic) bond motifs is 4. The summed E-state index contributed by atoms with van der Waals surface area (Å²) in [5, 5.41) is 15.3. The van der Waals surface area contributed by atoms with Gasteiger partial charge in [-0.15, -0.1) is 6.42 Å². The third-order valence-electron chi connectivity index (χ3n) is 9.82. The van der Waals surface area contributed by atoms with Crippen molar-refractivity contribution in [3.8, 4) is 35.4 Å². The van der Waals surface area contributed by atoms with Crippen molar-refractivity contribution in [1.82, 2.24) is 19.9 Å². The van der Waals surface area contributed by atoms with E-state index in [1.165, 1.54) is 24.3 Å². The third-order valence-corrected chi connectivity index (χ3v) is 9.82. The number of phenolic OH excluding ortho intramolecular Hbond substituents is 1. The van der Waals surface area contributed by atoms with E-state index < -0.39 is 11.6 Å². The van der Waals surface area contributed by atoms with Gasteiger partial charge in [-0.2, -0.15) is 9.97 Å². The molecule has 0 radical (unpaired) electrons. The van der Waals surface area contributed by atoms with Crippen LogP contribution in [0.4, 0.5) is 20.4 Å². The van der Waals surface area contributed by atoms with Gasteiger partial charge in [0.15, 0.2) is 5.82 Å². The van der Waals surface area contributed by atoms with Crippen LogP contribution in [0, 0.1) is 29.9 Å². The lowest BCUT2D eigenvalue weighted by Gasteiger charge is -2.31. The smallest absolute Gasteiger partial charge is 0.319 e. The molecule has 8 nitrogen and oxygen atoms in total. The summed E-state index contributed by atoms with van der Waals surface area (Å²) in [7, 11) is 0. The van der Waals surface area contributed by atoms with Gasteiger partial charge in [0, 0.05) is 36.6 Å². The standard InChI is InChI=1S/C33H32F2N6O2/c1-3-22-24(34)8-7-19-12-21(42)13-23(25(19)22)28-27(35)29-26-30(37-28)36-15-20-6-4-11-41(20)31(26)39-32(38-29)43-17-33-9-5-10-40(33)16-18(2)14-33/h1,7-8,12-13,18,20,42H,4-6,9-11,14-17H2,2H3,(H,36,37)/t18?,20?,33-/m0/s1. The van der Waals surface area contributed by atoms with E-state index in [1.54, 1.807) is 0 Å². The van der Waals surface area contributed by atoms with Gasteiger partial charge in [-0.1, -0.05) is 18.9 Å². The molecular weight excluding hydrogens is 550 g/mol. The number of nitrogens with zero attached hydrogens (tertiary/aromatic N) is 5. The van der Waals surface area contributed by atoms with Crippen molar-refractivity contribution in [2.24, 2.45) is 5.92 Å². The van der Waals surface area contributed by atoms with Gasteiger partial charge in [0.25, 0.3) is 0 Å². The van der Waals surface area contributed by atoms with E-state index in [9.17, 15) is 9.50 Å². The first-order chi connectivity index (χ1) is 20.8. The maximum Gasteiger partial charge on any atom is 0.319 e. The van der Waals surface area contributed by atoms with Crippen LogP contribution in [0.5, 0.6) is 11.8 Å². The maximum atomic E-state index is 16.8. The topological polar surface area (TPSA) is 86.6 Å². The molecule has 4 aliphatic heterocycles. The third kappa shape index (κ3) is 4.01. The Morgan fingerprint density at radius 3 is 2.91 bits per heavy atom. The summed E-state index contributed by atoms with van der Waals surface area (Å²) >= 11 is 0. The minimum atomic E-state index is -0.707. The predicted octanol–water partition coefficient (Wildman–Crippen LogP) is 5.46. The van der Waals surface area contributed by atoms with E-state index in [1.807, 2.05) is 0 Å². The van der Waals surface area contributed by atoms with Crippen molar-refractivity contribution >= 4 is 33.3 Å². The second kappa shape index (κ2) is 9.64. The van der Waals surface area contributed by atoms with Crippen molar-refractivity contribution in [2.45, 2.75) is 50.6 Å². The number of ether oxygens (including phenoxy) is 1. The molecule has 10 heteroatoms. The van der Waals surface area contributed by atoms with Crippen LogP contribution in [0.15, 0.2) is 24.3 Å². The largest absolute Gasteiger partial charge is 0.508 e. The van der Waals surface area contributed by atoms with Crippen LogP contribution >= 0.6 is 0 Å². The molecule has 0 saturated carbocycles. The highest BCUT2D eigenvalue weighted by atomic mass is 19.1. The molecule has 4 aromatic rings. The summed E-state index contributed by atoms with van der Waals surface area (Å²) in [5.41, 5.74) is 0.100. The molecule has 6 heterocycles. The monoisotopic (exact) mass is 582 g/mol. The fourth-order valence-corrected chi connectivity index (χ4v) is 8.03. The van der Waals surface area contributed by atoms with E-state index in [4.69, 9.17) is 21.1 Å². The number of nitrogens with one attached hydrogen (secondary N) is 1. The highest BCUT2D eigenvalue weighted by Crippen LogP contribution is 2.45. The Kier molecular flexibility index (Phi) is 5.92. The molecule has 2 aromatic carbocycles. The van der Waals surface area contributed by atoms with Crippen molar-refractivity contribution < 1.29 is 18.6 Å². The van der Waals surface area contributed by atoms with Crippen molar-refractivity contribution in [1.29, 1.82) is 0 Å². The minimum absolute atomic E-state index is 0.0215. The average molecular weight is 583 g/mol. The minimum Gasteiger partial charge on any atom is -0.508 e. The zero-order chi connectivity index (χ0) is 29.5. The Bertz CT molecular complexity index is 1860. The predicted molar refractivity (Wildman–Crippen MR) is 161 cm³/mol. The Hall–Kier alpha value is -4.23. The molecule has 2 N–H and O–H groups in total. The number of aromatic nitrogens is 3. The summed E-state index contributed by atoms with van der Waals surface area (Å²) in [4.78, 5) is 19.0. The Morgan fingerprint density at radius 2 is 2.05 bits per heavy atom. The molecule has 0 spiro atoms. The zero-order valence-corrected chi connectivity index (χ0v) is 24.0. The first-order valence-electron chi connectivity index (χ1n) is 15.1. The highest BCUT2D eigenvalue weighted by Gasteiger charge is 2.48. The van der Waals surface area contributed by atoms with Crippen LogP contribution in [-0.4, -0.2) is 69.3 Å². The van der Waals surface area contributed by atoms with E-state index in [0.717, 1.165) is 51.7 Å². The Balaban J connectivity index is 1.33. The number of pyridine rings is 1. The van der Waals surface area contributed by atoms with Crippen molar-refractivity contribution in [2.75, 3.05) is 43.0 Å². The normalized spacial score (nSPS) is 24.6. The van der Waals surface area contributed by atoms with Gasteiger partial charge in [-0.25, -0.2) is 13.8 Å². The maximum absolute atomic E-state index is 16.8. The molecule has 43 heavy (non-hydrogen) atoms. The van der Waals surface area contributed by atoms with Crippen LogP contribution in [0.1, 0.15) is 44.6 Å². The average Bonchev–Trinajstić information content (AvgIpc) is 3.67. The summed E-state index contributed by atoms with van der Waals surface area (Å²) in [6, 6.07) is 5.89. The Morgan fingerprint density at radius 1 is 1.16 bits per heavy atom. The van der Waals surface area contributed by atoms with Gasteiger partial charge in [-0.3, -0.25) is 4.90 Å². The van der Waals surface area contributed by atoms with E-state index in [0.29, 0.717) is 46.9 Å².